The monoisotopic (exact) mass is 253 g/mol. The predicted octanol–water partition coefficient (Wildman–Crippen LogP) is 2.35. The second kappa shape index (κ2) is 5.19. The van der Waals surface area contributed by atoms with E-state index in [0.29, 0.717) is 12.6 Å². The Morgan fingerprint density at radius 3 is 2.65 bits per heavy atom. The first-order valence-corrected chi connectivity index (χ1v) is 6.94. The Balaban J connectivity index is 2.14. The molecule has 0 aliphatic heterocycles. The number of thiophene rings is 1. The first-order valence-electron chi connectivity index (χ1n) is 6.12. The van der Waals surface area contributed by atoms with Crippen LogP contribution < -0.4 is 0 Å². The highest BCUT2D eigenvalue weighted by atomic mass is 32.1. The standard InChI is InChI=1S/C13H19NO2S/c1-9-8-12(17-10(9)2)13(16)14(6-7-15)11-4-3-5-11/h8,11,15H,3-7H2,1-2H3. The summed E-state index contributed by atoms with van der Waals surface area (Å²) in [4.78, 5) is 16.2. The number of carbonyl (C=O) groups excluding carboxylic acids is 1. The molecule has 0 spiro atoms. The summed E-state index contributed by atoms with van der Waals surface area (Å²) >= 11 is 1.56. The third-order valence-corrected chi connectivity index (χ3v) is 4.63. The fraction of sp³-hybridized carbons (Fsp3) is 0.615. The molecule has 1 amide bonds. The molecule has 0 unspecified atom stereocenters. The molecule has 0 saturated heterocycles. The summed E-state index contributed by atoms with van der Waals surface area (Å²) in [6.07, 6.45) is 3.35. The fourth-order valence-electron chi connectivity index (χ4n) is 2.08. The Bertz CT molecular complexity index is 390. The van der Waals surface area contributed by atoms with Gasteiger partial charge in [0.2, 0.25) is 0 Å². The van der Waals surface area contributed by atoms with E-state index in [1.54, 1.807) is 11.3 Å². The number of aliphatic hydroxyl groups excluding tert-OH is 1. The highest BCUT2D eigenvalue weighted by molar-refractivity contribution is 7.14. The number of nitrogens with zero attached hydrogens (tertiary/aromatic N) is 1. The van der Waals surface area contributed by atoms with Crippen LogP contribution in [0.25, 0.3) is 0 Å². The van der Waals surface area contributed by atoms with Crippen molar-refractivity contribution in [2.24, 2.45) is 0 Å². The van der Waals surface area contributed by atoms with Crippen LogP contribution in [0.2, 0.25) is 0 Å². The van der Waals surface area contributed by atoms with Gasteiger partial charge in [0.25, 0.3) is 5.91 Å². The van der Waals surface area contributed by atoms with E-state index in [0.717, 1.165) is 17.7 Å². The van der Waals surface area contributed by atoms with Gasteiger partial charge in [0.05, 0.1) is 11.5 Å². The average Bonchev–Trinajstić information content (AvgIpc) is 2.55. The molecule has 0 bridgehead atoms. The third-order valence-electron chi connectivity index (χ3n) is 3.49. The van der Waals surface area contributed by atoms with Gasteiger partial charge in [-0.2, -0.15) is 0 Å². The minimum absolute atomic E-state index is 0.0472. The number of rotatable bonds is 4. The van der Waals surface area contributed by atoms with Gasteiger partial charge < -0.3 is 10.0 Å². The number of hydrogen-bond donors (Lipinski definition) is 1. The quantitative estimate of drug-likeness (QED) is 0.895. The van der Waals surface area contributed by atoms with Crippen molar-refractivity contribution in [1.82, 2.24) is 4.90 Å². The number of aryl methyl sites for hydroxylation is 2. The molecule has 0 atom stereocenters. The molecule has 1 aromatic rings. The highest BCUT2D eigenvalue weighted by Gasteiger charge is 2.29. The van der Waals surface area contributed by atoms with E-state index in [1.807, 2.05) is 24.8 Å². The lowest BCUT2D eigenvalue weighted by molar-refractivity contribution is 0.0530. The Labute approximate surface area is 106 Å². The number of hydrogen-bond acceptors (Lipinski definition) is 3. The average molecular weight is 253 g/mol. The van der Waals surface area contributed by atoms with E-state index in [2.05, 4.69) is 0 Å². The smallest absolute Gasteiger partial charge is 0.264 e. The molecule has 1 fully saturated rings. The second-order valence-electron chi connectivity index (χ2n) is 4.66. The number of carbonyl (C=O) groups is 1. The number of amides is 1. The van der Waals surface area contributed by atoms with Crippen LogP contribution in [-0.4, -0.2) is 35.1 Å². The van der Waals surface area contributed by atoms with Crippen LogP contribution in [0.5, 0.6) is 0 Å². The van der Waals surface area contributed by atoms with Crippen molar-refractivity contribution in [3.63, 3.8) is 0 Å². The maximum Gasteiger partial charge on any atom is 0.264 e. The van der Waals surface area contributed by atoms with Gasteiger partial charge in [-0.05, 0) is 44.7 Å². The van der Waals surface area contributed by atoms with Crippen molar-refractivity contribution >= 4 is 17.2 Å². The Hall–Kier alpha value is -0.870. The van der Waals surface area contributed by atoms with Crippen molar-refractivity contribution < 1.29 is 9.90 Å². The van der Waals surface area contributed by atoms with Crippen LogP contribution >= 0.6 is 11.3 Å². The lowest BCUT2D eigenvalue weighted by atomic mass is 9.91. The molecule has 1 saturated carbocycles. The van der Waals surface area contributed by atoms with Crippen LogP contribution in [0, 0.1) is 13.8 Å². The lowest BCUT2D eigenvalue weighted by Gasteiger charge is -2.37. The predicted molar refractivity (Wildman–Crippen MR) is 69.6 cm³/mol. The molecule has 2 rings (SSSR count). The summed E-state index contributed by atoms with van der Waals surface area (Å²) in [5, 5.41) is 9.07. The molecule has 17 heavy (non-hydrogen) atoms. The molecular weight excluding hydrogens is 234 g/mol. The van der Waals surface area contributed by atoms with E-state index in [1.165, 1.54) is 16.9 Å². The van der Waals surface area contributed by atoms with Crippen molar-refractivity contribution in [3.8, 4) is 0 Å². The minimum Gasteiger partial charge on any atom is -0.395 e. The molecule has 0 aromatic carbocycles. The van der Waals surface area contributed by atoms with Crippen LogP contribution in [0.4, 0.5) is 0 Å². The van der Waals surface area contributed by atoms with Crippen molar-refractivity contribution in [3.05, 3.63) is 21.4 Å². The van der Waals surface area contributed by atoms with Gasteiger partial charge in [0.15, 0.2) is 0 Å². The Kier molecular flexibility index (Phi) is 3.84. The second-order valence-corrected chi connectivity index (χ2v) is 5.91. The van der Waals surface area contributed by atoms with E-state index < -0.39 is 0 Å². The first kappa shape index (κ1) is 12.6. The number of aliphatic hydroxyl groups is 1. The summed E-state index contributed by atoms with van der Waals surface area (Å²) in [5.41, 5.74) is 1.18. The van der Waals surface area contributed by atoms with Gasteiger partial charge in [0.1, 0.15) is 0 Å². The zero-order valence-corrected chi connectivity index (χ0v) is 11.2. The maximum absolute atomic E-state index is 12.4. The largest absolute Gasteiger partial charge is 0.395 e. The Morgan fingerprint density at radius 1 is 1.53 bits per heavy atom. The lowest BCUT2D eigenvalue weighted by Crippen LogP contribution is -2.45. The summed E-state index contributed by atoms with van der Waals surface area (Å²) in [6.45, 7) is 4.57. The van der Waals surface area contributed by atoms with E-state index in [4.69, 9.17) is 5.11 Å². The van der Waals surface area contributed by atoms with Crippen LogP contribution in [0.1, 0.15) is 39.4 Å². The molecule has 0 radical (unpaired) electrons. The van der Waals surface area contributed by atoms with E-state index >= 15 is 0 Å². The van der Waals surface area contributed by atoms with Crippen LogP contribution in [-0.2, 0) is 0 Å². The molecule has 1 aliphatic carbocycles. The van der Waals surface area contributed by atoms with Gasteiger partial charge in [0, 0.05) is 17.5 Å². The molecule has 1 aromatic heterocycles. The third kappa shape index (κ3) is 2.53. The van der Waals surface area contributed by atoms with E-state index in [-0.39, 0.29) is 12.5 Å². The SMILES string of the molecule is Cc1cc(C(=O)N(CCO)C2CCC2)sc1C. The van der Waals surface area contributed by atoms with Crippen molar-refractivity contribution in [2.75, 3.05) is 13.2 Å². The van der Waals surface area contributed by atoms with Gasteiger partial charge in [-0.1, -0.05) is 0 Å². The molecule has 1 heterocycles. The summed E-state index contributed by atoms with van der Waals surface area (Å²) < 4.78 is 0. The van der Waals surface area contributed by atoms with Crippen molar-refractivity contribution in [1.29, 1.82) is 0 Å². The topological polar surface area (TPSA) is 40.5 Å². The Morgan fingerprint density at radius 2 is 2.24 bits per heavy atom. The zero-order valence-electron chi connectivity index (χ0n) is 10.4. The fourth-order valence-corrected chi connectivity index (χ4v) is 3.07. The molecule has 3 nitrogen and oxygen atoms in total. The normalized spacial score (nSPS) is 15.7. The van der Waals surface area contributed by atoms with Gasteiger partial charge in [-0.25, -0.2) is 0 Å². The highest BCUT2D eigenvalue weighted by Crippen LogP contribution is 2.28. The zero-order chi connectivity index (χ0) is 12.4. The van der Waals surface area contributed by atoms with E-state index in [9.17, 15) is 4.79 Å². The molecule has 4 heteroatoms. The van der Waals surface area contributed by atoms with Crippen molar-refractivity contribution in [2.45, 2.75) is 39.2 Å². The van der Waals surface area contributed by atoms with Crippen LogP contribution in [0.15, 0.2) is 6.07 Å². The first-order chi connectivity index (χ1) is 8.13. The van der Waals surface area contributed by atoms with Crippen LogP contribution in [0.3, 0.4) is 0 Å². The van der Waals surface area contributed by atoms with Gasteiger partial charge >= 0.3 is 0 Å². The van der Waals surface area contributed by atoms with Gasteiger partial charge in [-0.15, -0.1) is 11.3 Å². The maximum atomic E-state index is 12.4. The molecule has 1 N–H and O–H groups in total. The summed E-state index contributed by atoms with van der Waals surface area (Å²) in [5.74, 6) is 0.0879. The summed E-state index contributed by atoms with van der Waals surface area (Å²) in [7, 11) is 0. The summed E-state index contributed by atoms with van der Waals surface area (Å²) in [6, 6.07) is 2.31. The molecule has 94 valence electrons. The molecular formula is C13H19NO2S. The minimum atomic E-state index is 0.0472. The van der Waals surface area contributed by atoms with Gasteiger partial charge in [-0.3, -0.25) is 4.79 Å². The molecule has 1 aliphatic rings.